The molecule has 0 unspecified atom stereocenters. The third kappa shape index (κ3) is 1.22. The average molecular weight is 192 g/mol. The van der Waals surface area contributed by atoms with Crippen LogP contribution in [0.4, 0.5) is 0 Å². The van der Waals surface area contributed by atoms with Gasteiger partial charge in [-0.3, -0.25) is 10.2 Å². The first-order chi connectivity index (χ1) is 6.61. The van der Waals surface area contributed by atoms with Crippen molar-refractivity contribution in [3.8, 4) is 0 Å². The standard InChI is InChI=1S/C10H16N4/c1-5(2)7-9-10(14-11-7)8(6(3)4)12-13-9/h5-6H,1-4H3,(H,11,14)(H,12,13). The van der Waals surface area contributed by atoms with Crippen LogP contribution in [0.25, 0.3) is 11.0 Å². The zero-order valence-corrected chi connectivity index (χ0v) is 9.05. The minimum Gasteiger partial charge on any atom is -0.279 e. The summed E-state index contributed by atoms with van der Waals surface area (Å²) in [7, 11) is 0. The van der Waals surface area contributed by atoms with E-state index in [0.29, 0.717) is 11.8 Å². The molecular weight excluding hydrogens is 176 g/mol. The van der Waals surface area contributed by atoms with Gasteiger partial charge in [-0.15, -0.1) is 0 Å². The Kier molecular flexibility index (Phi) is 2.06. The maximum absolute atomic E-state index is 4.30. The zero-order chi connectivity index (χ0) is 10.3. The van der Waals surface area contributed by atoms with Crippen molar-refractivity contribution in [2.24, 2.45) is 0 Å². The van der Waals surface area contributed by atoms with E-state index in [1.165, 1.54) is 0 Å². The monoisotopic (exact) mass is 192 g/mol. The number of rotatable bonds is 2. The summed E-state index contributed by atoms with van der Waals surface area (Å²) in [4.78, 5) is 0. The van der Waals surface area contributed by atoms with Crippen LogP contribution >= 0.6 is 0 Å². The summed E-state index contributed by atoms with van der Waals surface area (Å²) in [6, 6.07) is 0. The predicted octanol–water partition coefficient (Wildman–Crippen LogP) is 2.53. The van der Waals surface area contributed by atoms with Gasteiger partial charge in [0.2, 0.25) is 0 Å². The molecular formula is C10H16N4. The van der Waals surface area contributed by atoms with Gasteiger partial charge in [-0.2, -0.15) is 10.2 Å². The van der Waals surface area contributed by atoms with Crippen LogP contribution in [0.5, 0.6) is 0 Å². The van der Waals surface area contributed by atoms with Crippen molar-refractivity contribution in [3.05, 3.63) is 11.4 Å². The molecule has 0 aliphatic carbocycles. The molecule has 0 saturated heterocycles. The fraction of sp³-hybridized carbons (Fsp3) is 0.600. The molecule has 14 heavy (non-hydrogen) atoms. The second kappa shape index (κ2) is 3.12. The van der Waals surface area contributed by atoms with E-state index in [-0.39, 0.29) is 0 Å². The lowest BCUT2D eigenvalue weighted by Crippen LogP contribution is -1.90. The van der Waals surface area contributed by atoms with Gasteiger partial charge in [0.15, 0.2) is 0 Å². The van der Waals surface area contributed by atoms with Gasteiger partial charge >= 0.3 is 0 Å². The number of hydrogen-bond acceptors (Lipinski definition) is 2. The number of aromatic nitrogens is 4. The number of nitrogens with one attached hydrogen (secondary N) is 2. The largest absolute Gasteiger partial charge is 0.279 e. The second-order valence-corrected chi connectivity index (χ2v) is 4.28. The smallest absolute Gasteiger partial charge is 0.134 e. The van der Waals surface area contributed by atoms with E-state index in [2.05, 4.69) is 48.1 Å². The van der Waals surface area contributed by atoms with Gasteiger partial charge in [0.1, 0.15) is 11.0 Å². The molecule has 0 aliphatic heterocycles. The normalized spacial score (nSPS) is 12.1. The van der Waals surface area contributed by atoms with Gasteiger partial charge in [-0.1, -0.05) is 27.7 Å². The third-order valence-electron chi connectivity index (χ3n) is 2.45. The first kappa shape index (κ1) is 9.24. The lowest BCUT2D eigenvalue weighted by atomic mass is 10.1. The van der Waals surface area contributed by atoms with Gasteiger partial charge in [-0.25, -0.2) is 0 Å². The molecule has 2 aromatic heterocycles. The molecule has 0 bridgehead atoms. The quantitative estimate of drug-likeness (QED) is 0.768. The molecule has 2 rings (SSSR count). The number of hydrogen-bond donors (Lipinski definition) is 2. The summed E-state index contributed by atoms with van der Waals surface area (Å²) >= 11 is 0. The molecule has 2 aromatic rings. The summed E-state index contributed by atoms with van der Waals surface area (Å²) in [5, 5.41) is 14.7. The van der Waals surface area contributed by atoms with Gasteiger partial charge in [0, 0.05) is 0 Å². The molecule has 4 nitrogen and oxygen atoms in total. The van der Waals surface area contributed by atoms with Crippen molar-refractivity contribution in [2.75, 3.05) is 0 Å². The summed E-state index contributed by atoms with van der Waals surface area (Å²) in [5.74, 6) is 0.854. The van der Waals surface area contributed by atoms with E-state index in [1.54, 1.807) is 0 Å². The van der Waals surface area contributed by atoms with Crippen molar-refractivity contribution in [1.82, 2.24) is 20.4 Å². The molecule has 76 valence electrons. The Morgan fingerprint density at radius 2 is 1.64 bits per heavy atom. The fourth-order valence-corrected chi connectivity index (χ4v) is 1.64. The van der Waals surface area contributed by atoms with E-state index >= 15 is 0 Å². The molecule has 0 atom stereocenters. The van der Waals surface area contributed by atoms with Gasteiger partial charge in [-0.05, 0) is 11.8 Å². The highest BCUT2D eigenvalue weighted by Gasteiger charge is 2.16. The van der Waals surface area contributed by atoms with E-state index in [9.17, 15) is 0 Å². The highest BCUT2D eigenvalue weighted by Crippen LogP contribution is 2.26. The average Bonchev–Trinajstić information content (AvgIpc) is 2.59. The summed E-state index contributed by atoms with van der Waals surface area (Å²) in [6.45, 7) is 8.53. The number of nitrogens with zero attached hydrogens (tertiary/aromatic N) is 2. The van der Waals surface area contributed by atoms with E-state index in [0.717, 1.165) is 22.4 Å². The summed E-state index contributed by atoms with van der Waals surface area (Å²) in [5.41, 5.74) is 4.23. The molecule has 0 aromatic carbocycles. The van der Waals surface area contributed by atoms with Crippen LogP contribution in [0.2, 0.25) is 0 Å². The molecule has 2 N–H and O–H groups in total. The zero-order valence-electron chi connectivity index (χ0n) is 9.05. The minimum absolute atomic E-state index is 0.409. The lowest BCUT2D eigenvalue weighted by molar-refractivity contribution is 0.791. The van der Waals surface area contributed by atoms with Crippen molar-refractivity contribution in [1.29, 1.82) is 0 Å². The molecule has 4 heteroatoms. The van der Waals surface area contributed by atoms with Crippen LogP contribution in [0.15, 0.2) is 0 Å². The maximum Gasteiger partial charge on any atom is 0.134 e. The van der Waals surface area contributed by atoms with Crippen LogP contribution in [0.3, 0.4) is 0 Å². The van der Waals surface area contributed by atoms with Crippen LogP contribution in [0.1, 0.15) is 50.9 Å². The van der Waals surface area contributed by atoms with Crippen molar-refractivity contribution in [3.63, 3.8) is 0 Å². The van der Waals surface area contributed by atoms with Gasteiger partial charge in [0.25, 0.3) is 0 Å². The lowest BCUT2D eigenvalue weighted by Gasteiger charge is -1.97. The fourth-order valence-electron chi connectivity index (χ4n) is 1.64. The number of aromatic amines is 2. The Bertz CT molecular complexity index is 394. The highest BCUT2D eigenvalue weighted by atomic mass is 15.2. The Balaban J connectivity index is 2.61. The minimum atomic E-state index is 0.409. The Morgan fingerprint density at radius 3 is 2.21 bits per heavy atom. The van der Waals surface area contributed by atoms with Crippen molar-refractivity contribution < 1.29 is 0 Å². The first-order valence-electron chi connectivity index (χ1n) is 5.03. The SMILES string of the molecule is CC(C)c1n[nH]c2c(C(C)C)[nH]nc12. The molecule has 0 saturated carbocycles. The van der Waals surface area contributed by atoms with Crippen molar-refractivity contribution >= 4 is 11.0 Å². The molecule has 0 radical (unpaired) electrons. The van der Waals surface area contributed by atoms with Gasteiger partial charge in [0.05, 0.1) is 11.4 Å². The Morgan fingerprint density at radius 1 is 0.929 bits per heavy atom. The number of fused-ring (bicyclic) bond motifs is 1. The van der Waals surface area contributed by atoms with E-state index in [4.69, 9.17) is 0 Å². The third-order valence-corrected chi connectivity index (χ3v) is 2.45. The van der Waals surface area contributed by atoms with Gasteiger partial charge < -0.3 is 0 Å². The molecule has 2 heterocycles. The predicted molar refractivity (Wildman–Crippen MR) is 56.4 cm³/mol. The Labute approximate surface area is 83.1 Å². The Hall–Kier alpha value is -1.32. The van der Waals surface area contributed by atoms with E-state index in [1.807, 2.05) is 0 Å². The topological polar surface area (TPSA) is 57.4 Å². The van der Waals surface area contributed by atoms with Crippen LogP contribution < -0.4 is 0 Å². The molecule has 0 aliphatic rings. The van der Waals surface area contributed by atoms with Crippen LogP contribution in [-0.2, 0) is 0 Å². The van der Waals surface area contributed by atoms with E-state index < -0.39 is 0 Å². The second-order valence-electron chi connectivity index (χ2n) is 4.28. The maximum atomic E-state index is 4.30. The number of H-pyrrole nitrogens is 2. The first-order valence-corrected chi connectivity index (χ1v) is 5.03. The van der Waals surface area contributed by atoms with Crippen LogP contribution in [0, 0.1) is 0 Å². The molecule has 0 spiro atoms. The van der Waals surface area contributed by atoms with Crippen LogP contribution in [-0.4, -0.2) is 20.4 Å². The summed E-state index contributed by atoms with van der Waals surface area (Å²) < 4.78 is 0. The molecule has 0 fully saturated rings. The van der Waals surface area contributed by atoms with Crippen molar-refractivity contribution in [2.45, 2.75) is 39.5 Å². The highest BCUT2D eigenvalue weighted by molar-refractivity contribution is 5.80. The molecule has 0 amide bonds. The summed E-state index contributed by atoms with van der Waals surface area (Å²) in [6.07, 6.45) is 0.